The first-order valence-corrected chi connectivity index (χ1v) is 9.68. The third-order valence-electron chi connectivity index (χ3n) is 6.07. The van der Waals surface area contributed by atoms with Crippen molar-refractivity contribution in [3.63, 3.8) is 0 Å². The number of nitrogens with zero attached hydrogens (tertiary/aromatic N) is 1. The van der Waals surface area contributed by atoms with Crippen molar-refractivity contribution >= 4 is 24.6 Å². The third kappa shape index (κ3) is 3.99. The van der Waals surface area contributed by atoms with Crippen molar-refractivity contribution in [3.05, 3.63) is 70.3 Å². The van der Waals surface area contributed by atoms with Gasteiger partial charge in [-0.1, -0.05) is 49.4 Å². The van der Waals surface area contributed by atoms with Gasteiger partial charge < -0.3 is 4.90 Å². The van der Waals surface area contributed by atoms with Crippen LogP contribution in [0.3, 0.4) is 0 Å². The van der Waals surface area contributed by atoms with E-state index < -0.39 is 11.7 Å². The van der Waals surface area contributed by atoms with Crippen LogP contribution in [0, 0.1) is 5.92 Å². The highest BCUT2D eigenvalue weighted by Gasteiger charge is 2.35. The van der Waals surface area contributed by atoms with Crippen molar-refractivity contribution in [2.24, 2.45) is 5.92 Å². The summed E-state index contributed by atoms with van der Waals surface area (Å²) in [5.74, 6) is 0.364. The largest absolute Gasteiger partial charge is 0.416 e. The zero-order chi connectivity index (χ0) is 19.0. The second-order valence-electron chi connectivity index (χ2n) is 7.55. The first kappa shape index (κ1) is 20.9. The predicted octanol–water partition coefficient (Wildman–Crippen LogP) is 6.47. The Hall–Kier alpha value is -1.78. The maximum Gasteiger partial charge on any atom is 0.416 e. The fraction of sp³-hybridized carbons (Fsp3) is 0.391. The average Bonchev–Trinajstić information content (AvgIpc) is 2.84. The molecular formula is C23H25ClF3N. The number of likely N-dealkylation sites (tertiary alicyclic amines) is 1. The molecule has 5 heteroatoms. The molecule has 150 valence electrons. The minimum absolute atomic E-state index is 0. The number of fused-ring (bicyclic) bond motifs is 2. The van der Waals surface area contributed by atoms with E-state index in [0.29, 0.717) is 5.92 Å². The zero-order valence-electron chi connectivity index (χ0n) is 15.9. The highest BCUT2D eigenvalue weighted by molar-refractivity contribution is 5.85. The second-order valence-corrected chi connectivity index (χ2v) is 7.55. The molecule has 1 heterocycles. The summed E-state index contributed by atoms with van der Waals surface area (Å²) in [6, 6.07) is 12.4. The number of alkyl halides is 3. The predicted molar refractivity (Wildman–Crippen MR) is 111 cm³/mol. The number of piperidine rings is 1. The Kier molecular flexibility index (Phi) is 6.21. The lowest BCUT2D eigenvalue weighted by atomic mass is 9.74. The lowest BCUT2D eigenvalue weighted by Gasteiger charge is -2.37. The van der Waals surface area contributed by atoms with E-state index >= 15 is 0 Å². The van der Waals surface area contributed by atoms with Gasteiger partial charge in [-0.2, -0.15) is 13.2 Å². The average molecular weight is 408 g/mol. The molecule has 2 aliphatic rings. The van der Waals surface area contributed by atoms with Crippen LogP contribution < -0.4 is 0 Å². The maximum atomic E-state index is 13.4. The number of benzene rings is 2. The van der Waals surface area contributed by atoms with Crippen molar-refractivity contribution in [1.82, 2.24) is 4.90 Å². The van der Waals surface area contributed by atoms with E-state index in [1.807, 2.05) is 24.3 Å². The summed E-state index contributed by atoms with van der Waals surface area (Å²) in [5, 5.41) is 0. The van der Waals surface area contributed by atoms with Gasteiger partial charge in [0.25, 0.3) is 0 Å². The molecule has 1 nitrogen and oxygen atoms in total. The quantitative estimate of drug-likeness (QED) is 0.551. The van der Waals surface area contributed by atoms with E-state index in [9.17, 15) is 13.2 Å². The summed E-state index contributed by atoms with van der Waals surface area (Å²) in [5.41, 5.74) is 3.44. The van der Waals surface area contributed by atoms with Crippen LogP contribution in [0.4, 0.5) is 13.2 Å². The van der Waals surface area contributed by atoms with Crippen LogP contribution in [0.1, 0.15) is 53.5 Å². The van der Waals surface area contributed by atoms with Crippen LogP contribution >= 0.6 is 12.4 Å². The molecule has 0 N–H and O–H groups in total. The second kappa shape index (κ2) is 8.30. The Bertz CT molecular complexity index is 851. The van der Waals surface area contributed by atoms with Gasteiger partial charge in [-0.05, 0) is 72.8 Å². The summed E-state index contributed by atoms with van der Waals surface area (Å²) in [6.45, 7) is 5.23. The minimum atomic E-state index is -4.32. The first-order chi connectivity index (χ1) is 13.0. The van der Waals surface area contributed by atoms with Gasteiger partial charge in [-0.15, -0.1) is 12.4 Å². The van der Waals surface area contributed by atoms with Crippen LogP contribution in [0.2, 0.25) is 0 Å². The van der Waals surface area contributed by atoms with Gasteiger partial charge in [0, 0.05) is 5.92 Å². The Morgan fingerprint density at radius 3 is 2.21 bits per heavy atom. The normalized spacial score (nSPS) is 20.1. The molecule has 1 saturated heterocycles. The number of hydrogen-bond acceptors (Lipinski definition) is 1. The van der Waals surface area contributed by atoms with E-state index in [2.05, 4.69) is 24.0 Å². The van der Waals surface area contributed by atoms with Crippen molar-refractivity contribution in [2.45, 2.75) is 31.9 Å². The van der Waals surface area contributed by atoms with Crippen molar-refractivity contribution in [1.29, 1.82) is 0 Å². The van der Waals surface area contributed by atoms with Crippen LogP contribution in [-0.4, -0.2) is 24.5 Å². The van der Waals surface area contributed by atoms with Gasteiger partial charge in [0.2, 0.25) is 0 Å². The molecule has 0 radical (unpaired) electrons. The van der Waals surface area contributed by atoms with E-state index in [-0.39, 0.29) is 18.3 Å². The van der Waals surface area contributed by atoms with Gasteiger partial charge in [-0.3, -0.25) is 0 Å². The lowest BCUT2D eigenvalue weighted by Crippen LogP contribution is -2.35. The molecule has 1 atom stereocenters. The van der Waals surface area contributed by atoms with Gasteiger partial charge in [-0.25, -0.2) is 0 Å². The Morgan fingerprint density at radius 2 is 1.57 bits per heavy atom. The summed E-state index contributed by atoms with van der Waals surface area (Å²) >= 11 is 0. The van der Waals surface area contributed by atoms with Gasteiger partial charge in [0.05, 0.1) is 5.56 Å². The highest BCUT2D eigenvalue weighted by atomic mass is 35.5. The van der Waals surface area contributed by atoms with Crippen LogP contribution in [-0.2, 0) is 6.18 Å². The third-order valence-corrected chi connectivity index (χ3v) is 6.07. The molecule has 1 fully saturated rings. The van der Waals surface area contributed by atoms with Crippen molar-refractivity contribution in [2.75, 3.05) is 19.6 Å². The summed E-state index contributed by atoms with van der Waals surface area (Å²) in [6.07, 6.45) is 1.73. The summed E-state index contributed by atoms with van der Waals surface area (Å²) in [7, 11) is 0. The molecule has 0 saturated carbocycles. The van der Waals surface area contributed by atoms with Gasteiger partial charge in [0.1, 0.15) is 0 Å². The Labute approximate surface area is 170 Å². The SMILES string of the molecule is CCN1CCC(C2c3ccccc3C=Cc3ccc(C(F)(F)F)cc32)CC1.Cl. The van der Waals surface area contributed by atoms with Crippen molar-refractivity contribution < 1.29 is 13.2 Å². The van der Waals surface area contributed by atoms with Crippen LogP contribution in [0.5, 0.6) is 0 Å². The lowest BCUT2D eigenvalue weighted by molar-refractivity contribution is -0.137. The monoisotopic (exact) mass is 407 g/mol. The topological polar surface area (TPSA) is 3.24 Å². The number of hydrogen-bond donors (Lipinski definition) is 0. The Morgan fingerprint density at radius 1 is 0.929 bits per heavy atom. The smallest absolute Gasteiger partial charge is 0.304 e. The first-order valence-electron chi connectivity index (χ1n) is 9.68. The molecular weight excluding hydrogens is 383 g/mol. The highest BCUT2D eigenvalue weighted by Crippen LogP contribution is 2.44. The van der Waals surface area contributed by atoms with E-state index in [1.165, 1.54) is 12.1 Å². The zero-order valence-corrected chi connectivity index (χ0v) is 16.7. The molecule has 0 spiro atoms. The molecule has 0 bridgehead atoms. The van der Waals surface area contributed by atoms with Gasteiger partial charge >= 0.3 is 6.18 Å². The molecule has 0 amide bonds. The van der Waals surface area contributed by atoms with Crippen LogP contribution in [0.25, 0.3) is 12.2 Å². The van der Waals surface area contributed by atoms with E-state index in [0.717, 1.165) is 54.7 Å². The molecule has 4 rings (SSSR count). The molecule has 1 unspecified atom stereocenters. The fourth-order valence-corrected chi connectivity index (χ4v) is 4.58. The molecule has 28 heavy (non-hydrogen) atoms. The standard InChI is InChI=1S/C23H24F3N.ClH/c1-2-27-13-11-18(12-14-27)22-20-6-4-3-5-16(20)7-8-17-9-10-19(15-21(17)22)23(24,25)26;/h3-10,15,18,22H,2,11-14H2,1H3;1H. The number of rotatable bonds is 2. The van der Waals surface area contributed by atoms with E-state index in [4.69, 9.17) is 0 Å². The molecule has 1 aliphatic heterocycles. The summed E-state index contributed by atoms with van der Waals surface area (Å²) in [4.78, 5) is 2.42. The van der Waals surface area contributed by atoms with Gasteiger partial charge in [0.15, 0.2) is 0 Å². The fourth-order valence-electron chi connectivity index (χ4n) is 4.58. The van der Waals surface area contributed by atoms with Crippen LogP contribution in [0.15, 0.2) is 42.5 Å². The molecule has 2 aromatic rings. The minimum Gasteiger partial charge on any atom is -0.304 e. The number of halogens is 4. The maximum absolute atomic E-state index is 13.4. The van der Waals surface area contributed by atoms with E-state index in [1.54, 1.807) is 6.07 Å². The Balaban J connectivity index is 0.00000225. The molecule has 2 aromatic carbocycles. The molecule has 1 aliphatic carbocycles. The summed E-state index contributed by atoms with van der Waals surface area (Å²) < 4.78 is 40.2. The molecule has 0 aromatic heterocycles. The van der Waals surface area contributed by atoms with Crippen molar-refractivity contribution in [3.8, 4) is 0 Å².